The minimum Gasteiger partial charge on any atom is -0.357 e. The summed E-state index contributed by atoms with van der Waals surface area (Å²) < 4.78 is 65.9. The molecule has 0 aromatic heterocycles. The van der Waals surface area contributed by atoms with Crippen molar-refractivity contribution < 1.29 is 26.4 Å². The van der Waals surface area contributed by atoms with Crippen LogP contribution < -0.4 is 9.62 Å². The number of para-hydroxylation sites is 1. The third-order valence-corrected chi connectivity index (χ3v) is 6.01. The third kappa shape index (κ3) is 3.03. The first kappa shape index (κ1) is 18.2. The summed E-state index contributed by atoms with van der Waals surface area (Å²) >= 11 is 0. The molecular weight excluding hydrogens is 369 g/mol. The fourth-order valence-electron chi connectivity index (χ4n) is 2.97. The molecule has 0 saturated heterocycles. The Labute approximate surface area is 148 Å². The zero-order chi connectivity index (χ0) is 19.1. The lowest BCUT2D eigenvalue weighted by molar-refractivity contribution is -0.137. The van der Waals surface area contributed by atoms with Gasteiger partial charge < -0.3 is 5.32 Å². The summed E-state index contributed by atoms with van der Waals surface area (Å²) in [6.07, 6.45) is -4.53. The highest BCUT2D eigenvalue weighted by atomic mass is 32.2. The maximum Gasteiger partial charge on any atom is 0.416 e. The largest absolute Gasteiger partial charge is 0.416 e. The highest BCUT2D eigenvalue weighted by molar-refractivity contribution is 7.93. The van der Waals surface area contributed by atoms with E-state index in [0.29, 0.717) is 17.3 Å². The van der Waals surface area contributed by atoms with Crippen molar-refractivity contribution >= 4 is 21.6 Å². The highest BCUT2D eigenvalue weighted by Crippen LogP contribution is 2.38. The second-order valence-electron chi connectivity index (χ2n) is 5.79. The van der Waals surface area contributed by atoms with Crippen LogP contribution in [-0.2, 0) is 27.4 Å². The summed E-state index contributed by atoms with van der Waals surface area (Å²) in [5.74, 6) is -0.531. The van der Waals surface area contributed by atoms with Gasteiger partial charge in [0.05, 0.1) is 16.1 Å². The number of benzene rings is 2. The zero-order valence-electron chi connectivity index (χ0n) is 13.6. The number of nitrogens with one attached hydrogen (secondary N) is 1. The summed E-state index contributed by atoms with van der Waals surface area (Å²) in [5, 5.41) is 2.41. The van der Waals surface area contributed by atoms with E-state index in [1.165, 1.54) is 13.1 Å². The Morgan fingerprint density at radius 3 is 2.50 bits per heavy atom. The fourth-order valence-corrected chi connectivity index (χ4v) is 4.66. The normalized spacial score (nSPS) is 17.1. The van der Waals surface area contributed by atoms with Crippen molar-refractivity contribution in [2.24, 2.45) is 0 Å². The summed E-state index contributed by atoms with van der Waals surface area (Å²) in [7, 11) is -2.99. The van der Waals surface area contributed by atoms with E-state index in [4.69, 9.17) is 0 Å². The van der Waals surface area contributed by atoms with Crippen LogP contribution in [0.15, 0.2) is 53.4 Å². The SMILES string of the molecule is CNC(=O)C1Cc2ccccc2N1S(=O)(=O)c1cccc(C(F)(F)F)c1. The number of hydrogen-bond acceptors (Lipinski definition) is 3. The van der Waals surface area contributed by atoms with E-state index < -0.39 is 38.6 Å². The lowest BCUT2D eigenvalue weighted by Gasteiger charge is -2.26. The smallest absolute Gasteiger partial charge is 0.357 e. The number of carbonyl (C=O) groups excluding carboxylic acids is 1. The molecule has 1 aliphatic heterocycles. The number of hydrogen-bond donors (Lipinski definition) is 1. The first-order chi connectivity index (χ1) is 12.2. The molecule has 1 heterocycles. The van der Waals surface area contributed by atoms with Gasteiger partial charge in [0.15, 0.2) is 0 Å². The molecule has 0 radical (unpaired) electrons. The summed E-state index contributed by atoms with van der Waals surface area (Å²) in [4.78, 5) is 11.7. The Bertz CT molecular complexity index is 958. The van der Waals surface area contributed by atoms with Gasteiger partial charge in [-0.25, -0.2) is 8.42 Å². The molecule has 1 aliphatic rings. The van der Waals surface area contributed by atoms with Crippen molar-refractivity contribution in [1.29, 1.82) is 0 Å². The Kier molecular flexibility index (Phi) is 4.43. The monoisotopic (exact) mass is 384 g/mol. The van der Waals surface area contributed by atoms with Gasteiger partial charge >= 0.3 is 6.18 Å². The molecule has 0 bridgehead atoms. The number of alkyl halides is 3. The zero-order valence-corrected chi connectivity index (χ0v) is 14.4. The molecule has 5 nitrogen and oxygen atoms in total. The van der Waals surface area contributed by atoms with Crippen LogP contribution in [0.2, 0.25) is 0 Å². The van der Waals surface area contributed by atoms with Gasteiger partial charge in [0, 0.05) is 13.5 Å². The van der Waals surface area contributed by atoms with E-state index in [2.05, 4.69) is 5.32 Å². The first-order valence-corrected chi connectivity index (χ1v) is 9.11. The predicted octanol–water partition coefficient (Wildman–Crippen LogP) is 2.57. The van der Waals surface area contributed by atoms with Gasteiger partial charge in [0.2, 0.25) is 5.91 Å². The Morgan fingerprint density at radius 1 is 1.15 bits per heavy atom. The number of rotatable bonds is 3. The molecule has 1 amide bonds. The number of carbonyl (C=O) groups is 1. The van der Waals surface area contributed by atoms with Crippen molar-refractivity contribution in [3.63, 3.8) is 0 Å². The van der Waals surface area contributed by atoms with Gasteiger partial charge in [-0.2, -0.15) is 13.2 Å². The van der Waals surface area contributed by atoms with E-state index >= 15 is 0 Å². The van der Waals surface area contributed by atoms with Crippen molar-refractivity contribution in [3.8, 4) is 0 Å². The second-order valence-corrected chi connectivity index (χ2v) is 7.60. The minimum absolute atomic E-state index is 0.147. The van der Waals surface area contributed by atoms with Gasteiger partial charge in [0.25, 0.3) is 10.0 Å². The molecule has 0 aliphatic carbocycles. The second kappa shape index (κ2) is 6.31. The van der Waals surface area contributed by atoms with Gasteiger partial charge in [-0.3, -0.25) is 9.10 Å². The molecular formula is C17H15F3N2O3S. The lowest BCUT2D eigenvalue weighted by atomic mass is 10.1. The fraction of sp³-hybridized carbons (Fsp3) is 0.235. The highest BCUT2D eigenvalue weighted by Gasteiger charge is 2.42. The molecule has 1 atom stereocenters. The number of fused-ring (bicyclic) bond motifs is 1. The maximum absolute atomic E-state index is 13.1. The number of halogens is 3. The van der Waals surface area contributed by atoms with Crippen LogP contribution in [0.25, 0.3) is 0 Å². The molecule has 3 rings (SSSR count). The molecule has 0 spiro atoms. The lowest BCUT2D eigenvalue weighted by Crippen LogP contribution is -2.47. The molecule has 2 aromatic carbocycles. The maximum atomic E-state index is 13.1. The number of nitrogens with zero attached hydrogens (tertiary/aromatic N) is 1. The van der Waals surface area contributed by atoms with E-state index in [1.54, 1.807) is 18.2 Å². The molecule has 1 unspecified atom stereocenters. The van der Waals surface area contributed by atoms with Crippen LogP contribution in [-0.4, -0.2) is 27.4 Å². The van der Waals surface area contributed by atoms with Gasteiger partial charge in [-0.1, -0.05) is 24.3 Å². The van der Waals surface area contributed by atoms with Crippen molar-refractivity contribution in [2.45, 2.75) is 23.5 Å². The number of likely N-dealkylation sites (N-methyl/N-ethyl adjacent to an activating group) is 1. The average molecular weight is 384 g/mol. The summed E-state index contributed by atoms with van der Waals surface area (Å²) in [6.45, 7) is 0. The van der Waals surface area contributed by atoms with Crippen LogP contribution in [0, 0.1) is 0 Å². The number of amides is 1. The van der Waals surface area contributed by atoms with Gasteiger partial charge in [-0.15, -0.1) is 0 Å². The van der Waals surface area contributed by atoms with E-state index in [-0.39, 0.29) is 6.42 Å². The molecule has 1 N–H and O–H groups in total. The van der Waals surface area contributed by atoms with Gasteiger partial charge in [0.1, 0.15) is 6.04 Å². The van der Waals surface area contributed by atoms with Crippen LogP contribution >= 0.6 is 0 Å². The van der Waals surface area contributed by atoms with E-state index in [0.717, 1.165) is 22.5 Å². The number of anilines is 1. The van der Waals surface area contributed by atoms with E-state index in [1.807, 2.05) is 0 Å². The van der Waals surface area contributed by atoms with Crippen molar-refractivity contribution in [2.75, 3.05) is 11.4 Å². The Balaban J connectivity index is 2.14. The van der Waals surface area contributed by atoms with Crippen molar-refractivity contribution in [3.05, 3.63) is 59.7 Å². The van der Waals surface area contributed by atoms with Crippen LogP contribution in [0.5, 0.6) is 0 Å². The third-order valence-electron chi connectivity index (χ3n) is 4.19. The first-order valence-electron chi connectivity index (χ1n) is 7.67. The summed E-state index contributed by atoms with van der Waals surface area (Å²) in [6, 6.07) is 8.98. The molecule has 9 heteroatoms. The van der Waals surface area contributed by atoms with Crippen LogP contribution in [0.3, 0.4) is 0 Å². The number of sulfonamides is 1. The van der Waals surface area contributed by atoms with Crippen LogP contribution in [0.1, 0.15) is 11.1 Å². The quantitative estimate of drug-likeness (QED) is 0.885. The Morgan fingerprint density at radius 2 is 1.85 bits per heavy atom. The summed E-state index contributed by atoms with van der Waals surface area (Å²) in [5.41, 5.74) is -0.141. The van der Waals surface area contributed by atoms with Gasteiger partial charge in [-0.05, 0) is 29.8 Å². The predicted molar refractivity (Wildman–Crippen MR) is 89.1 cm³/mol. The molecule has 26 heavy (non-hydrogen) atoms. The van der Waals surface area contributed by atoms with E-state index in [9.17, 15) is 26.4 Å². The minimum atomic E-state index is -4.67. The van der Waals surface area contributed by atoms with Crippen LogP contribution in [0.4, 0.5) is 18.9 Å². The average Bonchev–Trinajstić information content (AvgIpc) is 3.00. The molecule has 0 fully saturated rings. The standard InChI is InChI=1S/C17H15F3N2O3S/c1-21-16(23)15-9-11-5-2-3-8-14(11)22(15)26(24,25)13-7-4-6-12(10-13)17(18,19)20/h2-8,10,15H,9H2,1H3,(H,21,23). The molecule has 2 aromatic rings. The molecule has 138 valence electrons. The van der Waals surface area contributed by atoms with Crippen molar-refractivity contribution in [1.82, 2.24) is 5.32 Å². The topological polar surface area (TPSA) is 66.5 Å². The Hall–Kier alpha value is -2.55. The molecule has 0 saturated carbocycles.